The molecule has 11 heteroatoms. The number of halogens is 2. The van der Waals surface area contributed by atoms with E-state index in [4.69, 9.17) is 33.7 Å². The Morgan fingerprint density at radius 2 is 1.79 bits per heavy atom. The summed E-state index contributed by atoms with van der Waals surface area (Å²) in [5.41, 5.74) is 6.14. The quantitative estimate of drug-likeness (QED) is 0.409. The first-order chi connectivity index (χ1) is 18.5. The summed E-state index contributed by atoms with van der Waals surface area (Å²) < 4.78 is 5.21. The van der Waals surface area contributed by atoms with Crippen molar-refractivity contribution < 1.29 is 19.1 Å². The Morgan fingerprint density at radius 3 is 2.44 bits per heavy atom. The minimum absolute atomic E-state index is 0.00725. The number of hydrogen-bond donors (Lipinski definition) is 3. The zero-order valence-electron chi connectivity index (χ0n) is 23.3. The Labute approximate surface area is 242 Å². The van der Waals surface area contributed by atoms with Gasteiger partial charge in [0.1, 0.15) is 11.6 Å². The third kappa shape index (κ3) is 9.81. The predicted octanol–water partition coefficient (Wildman–Crippen LogP) is 3.60. The van der Waals surface area contributed by atoms with Gasteiger partial charge in [0.05, 0.1) is 0 Å². The minimum Gasteiger partial charge on any atom is -0.444 e. The number of nitrogens with two attached hydrogens (primary N) is 1. The number of benzene rings is 1. The standard InChI is InChI=1S/C28H43Cl2N5O4/c1-28(2,3)39-27(38)32-11-10-25(36)33-23(16-19-8-9-21(29)17-22(19)30)26(37)35-14-12-34(13-15-35)24-7-5-4-6-20(24)18-31/h8-9,17,20,23-24H,4-7,10-16,18,31H2,1-3H3,(H,32,38)(H,33,36). The fourth-order valence-electron chi connectivity index (χ4n) is 5.40. The molecule has 2 fully saturated rings. The second kappa shape index (κ2) is 14.5. The van der Waals surface area contributed by atoms with E-state index in [1.165, 1.54) is 19.3 Å². The molecule has 1 aromatic rings. The van der Waals surface area contributed by atoms with E-state index in [-0.39, 0.29) is 31.2 Å². The minimum atomic E-state index is -0.796. The molecule has 4 N–H and O–H groups in total. The molecule has 39 heavy (non-hydrogen) atoms. The van der Waals surface area contributed by atoms with Gasteiger partial charge in [-0.3, -0.25) is 14.5 Å². The Hall–Kier alpha value is -2.07. The molecule has 3 amide bonds. The van der Waals surface area contributed by atoms with E-state index >= 15 is 0 Å². The maximum Gasteiger partial charge on any atom is 0.407 e. The van der Waals surface area contributed by atoms with Crippen molar-refractivity contribution in [2.75, 3.05) is 39.3 Å². The smallest absolute Gasteiger partial charge is 0.407 e. The average molecular weight is 585 g/mol. The number of nitrogens with zero attached hydrogens (tertiary/aromatic N) is 2. The lowest BCUT2D eigenvalue weighted by Crippen LogP contribution is -2.58. The number of carbonyl (C=O) groups is 3. The van der Waals surface area contributed by atoms with Crippen LogP contribution in [0.1, 0.15) is 58.4 Å². The maximum absolute atomic E-state index is 13.7. The molecule has 1 aromatic carbocycles. The van der Waals surface area contributed by atoms with Gasteiger partial charge in [-0.2, -0.15) is 0 Å². The van der Waals surface area contributed by atoms with Crippen LogP contribution in [0.2, 0.25) is 10.0 Å². The molecule has 9 nitrogen and oxygen atoms in total. The van der Waals surface area contributed by atoms with Gasteiger partial charge in [-0.05, 0) is 63.8 Å². The number of alkyl carbamates (subject to hydrolysis) is 1. The van der Waals surface area contributed by atoms with Crippen LogP contribution in [0.4, 0.5) is 4.79 Å². The summed E-state index contributed by atoms with van der Waals surface area (Å²) in [6, 6.07) is 4.80. The molecule has 1 heterocycles. The molecule has 3 unspecified atom stereocenters. The van der Waals surface area contributed by atoms with Crippen molar-refractivity contribution in [3.8, 4) is 0 Å². The molecule has 2 aliphatic rings. The summed E-state index contributed by atoms with van der Waals surface area (Å²) in [5.74, 6) is 0.0173. The van der Waals surface area contributed by atoms with Gasteiger partial charge in [-0.15, -0.1) is 0 Å². The van der Waals surface area contributed by atoms with Crippen molar-refractivity contribution in [2.24, 2.45) is 11.7 Å². The van der Waals surface area contributed by atoms with Gasteiger partial charge >= 0.3 is 6.09 Å². The first-order valence-electron chi connectivity index (χ1n) is 13.9. The molecule has 0 aromatic heterocycles. The molecule has 1 saturated heterocycles. The summed E-state index contributed by atoms with van der Waals surface area (Å²) >= 11 is 12.5. The predicted molar refractivity (Wildman–Crippen MR) is 154 cm³/mol. The van der Waals surface area contributed by atoms with Gasteiger partial charge < -0.3 is 26.0 Å². The number of amides is 3. The third-order valence-corrected chi connectivity index (χ3v) is 7.95. The molecular formula is C28H43Cl2N5O4. The van der Waals surface area contributed by atoms with Gasteiger partial charge in [0.15, 0.2) is 0 Å². The first-order valence-corrected chi connectivity index (χ1v) is 14.7. The van der Waals surface area contributed by atoms with Gasteiger partial charge in [0, 0.05) is 61.7 Å². The fourth-order valence-corrected chi connectivity index (χ4v) is 5.89. The lowest BCUT2D eigenvalue weighted by Gasteiger charge is -2.44. The zero-order chi connectivity index (χ0) is 28.6. The van der Waals surface area contributed by atoms with Crippen LogP contribution < -0.4 is 16.4 Å². The summed E-state index contributed by atoms with van der Waals surface area (Å²) in [5, 5.41) is 6.39. The van der Waals surface area contributed by atoms with Gasteiger partial charge in [-0.1, -0.05) is 42.1 Å². The van der Waals surface area contributed by atoms with E-state index in [9.17, 15) is 14.4 Å². The normalized spacial score (nSPS) is 21.2. The number of carbonyl (C=O) groups excluding carboxylic acids is 3. The fraction of sp³-hybridized carbons (Fsp3) is 0.679. The highest BCUT2D eigenvalue weighted by Gasteiger charge is 2.34. The second-order valence-electron chi connectivity index (χ2n) is 11.4. The highest BCUT2D eigenvalue weighted by molar-refractivity contribution is 6.35. The zero-order valence-corrected chi connectivity index (χ0v) is 24.8. The molecule has 1 aliphatic heterocycles. The highest BCUT2D eigenvalue weighted by atomic mass is 35.5. The summed E-state index contributed by atoms with van der Waals surface area (Å²) in [4.78, 5) is 42.7. The summed E-state index contributed by atoms with van der Waals surface area (Å²) in [7, 11) is 0. The van der Waals surface area contributed by atoms with Crippen molar-refractivity contribution in [2.45, 2.75) is 77.0 Å². The van der Waals surface area contributed by atoms with Crippen LogP contribution >= 0.6 is 23.2 Å². The molecule has 218 valence electrons. The Kier molecular flexibility index (Phi) is 11.7. The first kappa shape index (κ1) is 31.5. The SMILES string of the molecule is CC(C)(C)OC(=O)NCCC(=O)NC(Cc1ccc(Cl)cc1Cl)C(=O)N1CCN(C2CCCCC2CN)CC1. The van der Waals surface area contributed by atoms with Crippen LogP contribution in [-0.2, 0) is 20.7 Å². The van der Waals surface area contributed by atoms with Crippen LogP contribution in [0, 0.1) is 5.92 Å². The van der Waals surface area contributed by atoms with E-state index in [2.05, 4.69) is 15.5 Å². The summed E-state index contributed by atoms with van der Waals surface area (Å²) in [6.07, 6.45) is 4.42. The molecule has 0 bridgehead atoms. The van der Waals surface area contributed by atoms with Crippen molar-refractivity contribution in [3.05, 3.63) is 33.8 Å². The Balaban J connectivity index is 1.62. The second-order valence-corrected chi connectivity index (χ2v) is 12.3. The number of rotatable bonds is 9. The molecule has 3 rings (SSSR count). The number of ether oxygens (including phenoxy) is 1. The third-order valence-electron chi connectivity index (χ3n) is 7.36. The van der Waals surface area contributed by atoms with E-state index in [0.29, 0.717) is 41.6 Å². The Morgan fingerprint density at radius 1 is 1.10 bits per heavy atom. The topological polar surface area (TPSA) is 117 Å². The van der Waals surface area contributed by atoms with Gasteiger partial charge in [0.2, 0.25) is 11.8 Å². The molecule has 1 aliphatic carbocycles. The highest BCUT2D eigenvalue weighted by Crippen LogP contribution is 2.29. The Bertz CT molecular complexity index is 995. The van der Waals surface area contributed by atoms with E-state index in [1.807, 2.05) is 4.90 Å². The van der Waals surface area contributed by atoms with Crippen LogP contribution in [0.25, 0.3) is 0 Å². The van der Waals surface area contributed by atoms with Crippen LogP contribution in [0.5, 0.6) is 0 Å². The monoisotopic (exact) mass is 583 g/mol. The lowest BCUT2D eigenvalue weighted by molar-refractivity contribution is -0.138. The molecule has 0 radical (unpaired) electrons. The van der Waals surface area contributed by atoms with E-state index < -0.39 is 17.7 Å². The molecule has 1 saturated carbocycles. The van der Waals surface area contributed by atoms with Crippen molar-refractivity contribution in [1.82, 2.24) is 20.4 Å². The lowest BCUT2D eigenvalue weighted by atomic mass is 9.83. The summed E-state index contributed by atoms with van der Waals surface area (Å²) in [6.45, 7) is 8.84. The molecule has 0 spiro atoms. The van der Waals surface area contributed by atoms with Crippen LogP contribution in [0.15, 0.2) is 18.2 Å². The van der Waals surface area contributed by atoms with Crippen molar-refractivity contribution in [1.29, 1.82) is 0 Å². The van der Waals surface area contributed by atoms with Crippen LogP contribution in [0.3, 0.4) is 0 Å². The number of nitrogens with one attached hydrogen (secondary N) is 2. The molecule has 3 atom stereocenters. The average Bonchev–Trinajstić information content (AvgIpc) is 2.88. The number of hydrogen-bond acceptors (Lipinski definition) is 6. The largest absolute Gasteiger partial charge is 0.444 e. The van der Waals surface area contributed by atoms with E-state index in [1.54, 1.807) is 39.0 Å². The van der Waals surface area contributed by atoms with Crippen molar-refractivity contribution in [3.63, 3.8) is 0 Å². The van der Waals surface area contributed by atoms with Crippen LogP contribution in [-0.4, -0.2) is 84.7 Å². The van der Waals surface area contributed by atoms with E-state index in [0.717, 1.165) is 25.1 Å². The van der Waals surface area contributed by atoms with Gasteiger partial charge in [0.25, 0.3) is 0 Å². The number of piperazine rings is 1. The van der Waals surface area contributed by atoms with Gasteiger partial charge in [-0.25, -0.2) is 4.79 Å². The molecular weight excluding hydrogens is 541 g/mol. The maximum atomic E-state index is 13.7. The van der Waals surface area contributed by atoms with Crippen molar-refractivity contribution >= 4 is 41.1 Å².